The Balaban J connectivity index is 2.20. The molecule has 1 aliphatic heterocycles. The third-order valence-corrected chi connectivity index (χ3v) is 3.69. The number of piperidine rings is 1. The van der Waals surface area contributed by atoms with Crippen LogP contribution in [0.5, 0.6) is 0 Å². The van der Waals surface area contributed by atoms with Crippen LogP contribution in [-0.4, -0.2) is 23.2 Å². The summed E-state index contributed by atoms with van der Waals surface area (Å²) in [6, 6.07) is 7.70. The Kier molecular flexibility index (Phi) is 3.40. The number of halogens is 1. The van der Waals surface area contributed by atoms with Crippen molar-refractivity contribution in [3.05, 3.63) is 34.9 Å². The van der Waals surface area contributed by atoms with E-state index in [1.165, 1.54) is 0 Å². The van der Waals surface area contributed by atoms with Crippen LogP contribution in [0.15, 0.2) is 24.3 Å². The number of carboxylic acids is 1. The first-order chi connectivity index (χ1) is 8.01. The lowest BCUT2D eigenvalue weighted by atomic mass is 9.79. The van der Waals surface area contributed by atoms with Gasteiger partial charge in [-0.25, -0.2) is 0 Å². The number of benzene rings is 1. The Labute approximate surface area is 106 Å². The Morgan fingerprint density at radius 1 is 1.59 bits per heavy atom. The van der Waals surface area contributed by atoms with Crippen LogP contribution in [0.25, 0.3) is 0 Å². The number of nitrogens with one attached hydrogen (secondary N) is 1. The maximum absolute atomic E-state index is 11.2. The highest BCUT2D eigenvalue weighted by Crippen LogP contribution is 2.33. The molecule has 0 amide bonds. The second-order valence-electron chi connectivity index (χ2n) is 4.81. The summed E-state index contributed by atoms with van der Waals surface area (Å²) in [7, 11) is 0. The molecule has 1 aromatic carbocycles. The highest BCUT2D eigenvalue weighted by Gasteiger charge is 2.38. The first-order valence-corrected chi connectivity index (χ1v) is 6.13. The summed E-state index contributed by atoms with van der Waals surface area (Å²) in [5.74, 6) is -0.528. The Morgan fingerprint density at radius 3 is 3.00 bits per heavy atom. The standard InChI is InChI=1S/C13H16ClNO2/c1-13(12(16)17)8-10(5-6-15-13)9-3-2-4-11(14)7-9/h2-4,7,10,15H,5-6,8H2,1H3,(H,16,17). The molecule has 2 unspecified atom stereocenters. The molecular weight excluding hydrogens is 238 g/mol. The van der Waals surface area contributed by atoms with E-state index >= 15 is 0 Å². The highest BCUT2D eigenvalue weighted by atomic mass is 35.5. The van der Waals surface area contributed by atoms with Crippen LogP contribution in [0.4, 0.5) is 0 Å². The predicted octanol–water partition coefficient (Wildman–Crippen LogP) is 2.65. The number of hydrogen-bond donors (Lipinski definition) is 2. The molecule has 1 saturated heterocycles. The van der Waals surface area contributed by atoms with Crippen LogP contribution in [0.1, 0.15) is 31.2 Å². The number of aliphatic carboxylic acids is 1. The molecule has 4 heteroatoms. The van der Waals surface area contributed by atoms with Gasteiger partial charge in [0.15, 0.2) is 0 Å². The second kappa shape index (κ2) is 4.67. The Morgan fingerprint density at radius 2 is 2.35 bits per heavy atom. The summed E-state index contributed by atoms with van der Waals surface area (Å²) < 4.78 is 0. The molecule has 17 heavy (non-hydrogen) atoms. The normalized spacial score (nSPS) is 28.9. The maximum atomic E-state index is 11.2. The van der Waals surface area contributed by atoms with Crippen molar-refractivity contribution in [2.75, 3.05) is 6.54 Å². The number of carboxylic acid groups (broad SMARTS) is 1. The average molecular weight is 254 g/mol. The topological polar surface area (TPSA) is 49.3 Å². The van der Waals surface area contributed by atoms with E-state index in [9.17, 15) is 9.90 Å². The molecule has 0 saturated carbocycles. The van der Waals surface area contributed by atoms with E-state index in [4.69, 9.17) is 11.6 Å². The minimum atomic E-state index is -0.828. The summed E-state index contributed by atoms with van der Waals surface area (Å²) in [6.07, 6.45) is 1.55. The molecule has 0 spiro atoms. The summed E-state index contributed by atoms with van der Waals surface area (Å²) in [5.41, 5.74) is 0.303. The monoisotopic (exact) mass is 253 g/mol. The van der Waals surface area contributed by atoms with Crippen LogP contribution in [0.3, 0.4) is 0 Å². The minimum Gasteiger partial charge on any atom is -0.480 e. The van der Waals surface area contributed by atoms with E-state index in [0.717, 1.165) is 18.5 Å². The molecule has 1 aromatic rings. The highest BCUT2D eigenvalue weighted by molar-refractivity contribution is 6.30. The summed E-state index contributed by atoms with van der Waals surface area (Å²) in [6.45, 7) is 2.46. The SMILES string of the molecule is CC1(C(=O)O)CC(c2cccc(Cl)c2)CCN1. The average Bonchev–Trinajstić information content (AvgIpc) is 2.29. The molecule has 2 atom stereocenters. The van der Waals surface area contributed by atoms with Crippen molar-refractivity contribution >= 4 is 17.6 Å². The van der Waals surface area contributed by atoms with E-state index in [1.54, 1.807) is 6.92 Å². The van der Waals surface area contributed by atoms with Gasteiger partial charge < -0.3 is 10.4 Å². The van der Waals surface area contributed by atoms with Gasteiger partial charge in [0.05, 0.1) is 0 Å². The van der Waals surface area contributed by atoms with Gasteiger partial charge in [-0.3, -0.25) is 4.79 Å². The zero-order valence-electron chi connectivity index (χ0n) is 9.74. The lowest BCUT2D eigenvalue weighted by Gasteiger charge is -2.36. The minimum absolute atomic E-state index is 0.260. The van der Waals surface area contributed by atoms with E-state index in [0.29, 0.717) is 11.4 Å². The fourth-order valence-corrected chi connectivity index (χ4v) is 2.60. The third kappa shape index (κ3) is 2.61. The van der Waals surface area contributed by atoms with Crippen molar-refractivity contribution in [1.29, 1.82) is 0 Å². The van der Waals surface area contributed by atoms with E-state index in [-0.39, 0.29) is 5.92 Å². The van der Waals surface area contributed by atoms with Gasteiger partial charge in [0.25, 0.3) is 0 Å². The van der Waals surface area contributed by atoms with Gasteiger partial charge in [-0.05, 0) is 49.9 Å². The quantitative estimate of drug-likeness (QED) is 0.852. The Hall–Kier alpha value is -1.06. The summed E-state index contributed by atoms with van der Waals surface area (Å²) in [4.78, 5) is 11.2. The molecule has 2 rings (SSSR count). The van der Waals surface area contributed by atoms with Crippen LogP contribution in [0, 0.1) is 0 Å². The van der Waals surface area contributed by atoms with Crippen LogP contribution < -0.4 is 5.32 Å². The van der Waals surface area contributed by atoms with Crippen LogP contribution in [0.2, 0.25) is 5.02 Å². The van der Waals surface area contributed by atoms with Crippen LogP contribution in [-0.2, 0) is 4.79 Å². The third-order valence-electron chi connectivity index (χ3n) is 3.45. The molecule has 0 bridgehead atoms. The molecule has 0 aliphatic carbocycles. The fraction of sp³-hybridized carbons (Fsp3) is 0.462. The van der Waals surface area contributed by atoms with E-state index < -0.39 is 11.5 Å². The molecule has 0 aromatic heterocycles. The molecule has 0 radical (unpaired) electrons. The van der Waals surface area contributed by atoms with Crippen molar-refractivity contribution in [3.8, 4) is 0 Å². The fourth-order valence-electron chi connectivity index (χ4n) is 2.40. The summed E-state index contributed by atoms with van der Waals surface area (Å²) >= 11 is 5.97. The van der Waals surface area contributed by atoms with Gasteiger partial charge in [0.1, 0.15) is 5.54 Å². The van der Waals surface area contributed by atoms with Gasteiger partial charge in [-0.15, -0.1) is 0 Å². The maximum Gasteiger partial charge on any atom is 0.323 e. The molecule has 3 nitrogen and oxygen atoms in total. The van der Waals surface area contributed by atoms with Crippen molar-refractivity contribution in [2.45, 2.75) is 31.2 Å². The molecular formula is C13H16ClNO2. The first kappa shape index (κ1) is 12.4. The zero-order valence-corrected chi connectivity index (χ0v) is 10.5. The lowest BCUT2D eigenvalue weighted by molar-refractivity contribution is -0.145. The zero-order chi connectivity index (χ0) is 12.5. The van der Waals surface area contributed by atoms with E-state index in [1.807, 2.05) is 24.3 Å². The van der Waals surface area contributed by atoms with Gasteiger partial charge in [0, 0.05) is 5.02 Å². The molecule has 92 valence electrons. The predicted molar refractivity (Wildman–Crippen MR) is 67.5 cm³/mol. The number of carbonyl (C=O) groups is 1. The van der Waals surface area contributed by atoms with Crippen molar-refractivity contribution < 1.29 is 9.90 Å². The molecule has 1 fully saturated rings. The van der Waals surface area contributed by atoms with Crippen molar-refractivity contribution in [1.82, 2.24) is 5.32 Å². The van der Waals surface area contributed by atoms with Crippen LogP contribution >= 0.6 is 11.6 Å². The second-order valence-corrected chi connectivity index (χ2v) is 5.25. The number of rotatable bonds is 2. The Bertz CT molecular complexity index is 435. The van der Waals surface area contributed by atoms with Crippen molar-refractivity contribution in [2.24, 2.45) is 0 Å². The van der Waals surface area contributed by atoms with E-state index in [2.05, 4.69) is 5.32 Å². The smallest absolute Gasteiger partial charge is 0.323 e. The van der Waals surface area contributed by atoms with Gasteiger partial charge in [-0.2, -0.15) is 0 Å². The first-order valence-electron chi connectivity index (χ1n) is 5.75. The lowest BCUT2D eigenvalue weighted by Crippen LogP contribution is -2.53. The molecule has 1 heterocycles. The molecule has 1 aliphatic rings. The van der Waals surface area contributed by atoms with Gasteiger partial charge in [-0.1, -0.05) is 23.7 Å². The van der Waals surface area contributed by atoms with Gasteiger partial charge >= 0.3 is 5.97 Å². The number of hydrogen-bond acceptors (Lipinski definition) is 2. The van der Waals surface area contributed by atoms with Gasteiger partial charge in [0.2, 0.25) is 0 Å². The summed E-state index contributed by atoms with van der Waals surface area (Å²) in [5, 5.41) is 13.0. The molecule has 2 N–H and O–H groups in total. The van der Waals surface area contributed by atoms with Crippen molar-refractivity contribution in [3.63, 3.8) is 0 Å². The largest absolute Gasteiger partial charge is 0.480 e.